The molecule has 0 saturated carbocycles. The van der Waals surface area contributed by atoms with E-state index in [0.29, 0.717) is 28.2 Å². The van der Waals surface area contributed by atoms with Crippen LogP contribution in [0.25, 0.3) is 0 Å². The molecule has 0 bridgehead atoms. The summed E-state index contributed by atoms with van der Waals surface area (Å²) >= 11 is 2.74. The molecule has 0 saturated heterocycles. The van der Waals surface area contributed by atoms with E-state index in [1.807, 2.05) is 40.6 Å². The van der Waals surface area contributed by atoms with Gasteiger partial charge in [-0.15, -0.1) is 22.7 Å². The Morgan fingerprint density at radius 3 is 2.56 bits per heavy atom. The van der Waals surface area contributed by atoms with Crippen LogP contribution in [0.5, 0.6) is 0 Å². The zero-order valence-corrected chi connectivity index (χ0v) is 19.7. The highest BCUT2D eigenvalue weighted by molar-refractivity contribution is 7.12. The summed E-state index contributed by atoms with van der Waals surface area (Å²) in [6.07, 6.45) is 0. The normalized spacial score (nSPS) is 17.9. The predicted octanol–water partition coefficient (Wildman–Crippen LogP) is 5.17. The van der Waals surface area contributed by atoms with E-state index >= 15 is 0 Å². The van der Waals surface area contributed by atoms with Gasteiger partial charge in [-0.1, -0.05) is 38.1 Å². The van der Waals surface area contributed by atoms with Gasteiger partial charge in [0.05, 0.1) is 24.8 Å². The number of amides is 2. The second-order valence-electron chi connectivity index (χ2n) is 8.02. The summed E-state index contributed by atoms with van der Waals surface area (Å²) in [6, 6.07) is 12.5. The first-order valence-corrected chi connectivity index (χ1v) is 12.1. The van der Waals surface area contributed by atoms with Gasteiger partial charge in [-0.2, -0.15) is 0 Å². The molecule has 6 nitrogen and oxygen atoms in total. The molecule has 1 aliphatic rings. The van der Waals surface area contributed by atoms with Crippen molar-refractivity contribution in [3.05, 3.63) is 74.1 Å². The lowest BCUT2D eigenvalue weighted by Gasteiger charge is -2.42. The number of anilines is 1. The number of nitrogens with zero attached hydrogens (tertiary/aromatic N) is 1. The van der Waals surface area contributed by atoms with Gasteiger partial charge < -0.3 is 15.0 Å². The molecule has 1 N–H and O–H groups in total. The van der Waals surface area contributed by atoms with E-state index in [-0.39, 0.29) is 17.7 Å². The van der Waals surface area contributed by atoms with E-state index in [2.05, 4.69) is 19.2 Å². The van der Waals surface area contributed by atoms with Crippen molar-refractivity contribution in [3.8, 4) is 0 Å². The number of hydrogen-bond acceptors (Lipinski definition) is 6. The van der Waals surface area contributed by atoms with E-state index in [4.69, 9.17) is 4.74 Å². The van der Waals surface area contributed by atoms with Gasteiger partial charge in [0.25, 0.3) is 5.91 Å². The number of rotatable bonds is 6. The summed E-state index contributed by atoms with van der Waals surface area (Å²) in [6.45, 7) is 4.65. The third-order valence-electron chi connectivity index (χ3n) is 5.41. The maximum absolute atomic E-state index is 13.7. The Morgan fingerprint density at radius 1 is 1.09 bits per heavy atom. The molecule has 0 radical (unpaired) electrons. The molecule has 1 aromatic carbocycles. The molecule has 2 aromatic heterocycles. The lowest BCUT2D eigenvalue weighted by molar-refractivity contribution is -0.119. The maximum Gasteiger partial charge on any atom is 0.350 e. The Kier molecular flexibility index (Phi) is 6.43. The molecule has 0 fully saturated rings. The molecule has 166 valence electrons. The maximum atomic E-state index is 13.7. The third-order valence-corrected chi connectivity index (χ3v) is 7.25. The van der Waals surface area contributed by atoms with Gasteiger partial charge >= 0.3 is 5.97 Å². The first-order valence-electron chi connectivity index (χ1n) is 10.3. The molecule has 0 aliphatic carbocycles. The molecule has 4 rings (SSSR count). The largest absolute Gasteiger partial charge is 0.465 e. The van der Waals surface area contributed by atoms with Crippen LogP contribution < -0.4 is 5.32 Å². The van der Waals surface area contributed by atoms with Crippen molar-refractivity contribution >= 4 is 46.1 Å². The highest BCUT2D eigenvalue weighted by Gasteiger charge is 2.44. The van der Waals surface area contributed by atoms with E-state index in [0.717, 1.165) is 4.88 Å². The fourth-order valence-corrected chi connectivity index (χ4v) is 5.75. The molecular weight excluding hydrogens is 444 g/mol. The van der Waals surface area contributed by atoms with E-state index < -0.39 is 17.9 Å². The summed E-state index contributed by atoms with van der Waals surface area (Å²) in [4.78, 5) is 42.4. The molecule has 3 heterocycles. The Balaban J connectivity index is 1.80. The number of methoxy groups -OCH3 is 1. The fraction of sp³-hybridized carbons (Fsp3) is 0.292. The number of benzene rings is 1. The summed E-state index contributed by atoms with van der Waals surface area (Å²) in [5.74, 6) is -1.21. The summed E-state index contributed by atoms with van der Waals surface area (Å²) in [5.41, 5.74) is 1.66. The zero-order chi connectivity index (χ0) is 22.8. The number of fused-ring (bicyclic) bond motifs is 1. The summed E-state index contributed by atoms with van der Waals surface area (Å²) < 4.78 is 4.84. The quantitative estimate of drug-likeness (QED) is 0.506. The molecule has 1 aliphatic heterocycles. The monoisotopic (exact) mass is 468 g/mol. The average Bonchev–Trinajstić information content (AvgIpc) is 3.47. The second-order valence-corrected chi connectivity index (χ2v) is 9.92. The Bertz CT molecular complexity index is 1140. The number of hydrogen-bond donors (Lipinski definition) is 1. The molecule has 2 amide bonds. The smallest absolute Gasteiger partial charge is 0.350 e. The number of thiophene rings is 2. The number of carbonyl (C=O) groups is 3. The highest BCUT2D eigenvalue weighted by Crippen LogP contribution is 2.45. The van der Waals surface area contributed by atoms with Crippen LogP contribution in [0.2, 0.25) is 0 Å². The lowest BCUT2D eigenvalue weighted by atomic mass is 9.81. The van der Waals surface area contributed by atoms with Crippen LogP contribution in [0.3, 0.4) is 0 Å². The van der Waals surface area contributed by atoms with Crippen LogP contribution in [0, 0.1) is 5.92 Å². The van der Waals surface area contributed by atoms with Crippen molar-refractivity contribution in [1.82, 2.24) is 4.90 Å². The predicted molar refractivity (Wildman–Crippen MR) is 126 cm³/mol. The zero-order valence-electron chi connectivity index (χ0n) is 18.0. The number of nitrogens with one attached hydrogen (secondary N) is 1. The van der Waals surface area contributed by atoms with Gasteiger partial charge in [0.1, 0.15) is 4.88 Å². The molecular formula is C24H24N2O4S2. The Labute approximate surface area is 194 Å². The van der Waals surface area contributed by atoms with Gasteiger partial charge in [0.2, 0.25) is 5.91 Å². The van der Waals surface area contributed by atoms with Crippen LogP contribution in [0.15, 0.2) is 53.2 Å². The average molecular weight is 469 g/mol. The first kappa shape index (κ1) is 22.2. The van der Waals surface area contributed by atoms with Gasteiger partial charge in [0, 0.05) is 17.0 Å². The minimum Gasteiger partial charge on any atom is -0.465 e. The number of ether oxygens (including phenoxy) is 1. The van der Waals surface area contributed by atoms with Gasteiger partial charge in [-0.25, -0.2) is 4.79 Å². The minimum atomic E-state index is -0.619. The lowest BCUT2D eigenvalue weighted by Crippen LogP contribution is -2.47. The van der Waals surface area contributed by atoms with Crippen molar-refractivity contribution in [2.75, 3.05) is 19.0 Å². The highest BCUT2D eigenvalue weighted by atomic mass is 32.1. The topological polar surface area (TPSA) is 75.7 Å². The molecule has 32 heavy (non-hydrogen) atoms. The number of esters is 1. The van der Waals surface area contributed by atoms with Crippen LogP contribution >= 0.6 is 22.7 Å². The Morgan fingerprint density at radius 2 is 1.88 bits per heavy atom. The molecule has 0 unspecified atom stereocenters. The van der Waals surface area contributed by atoms with Crippen LogP contribution in [-0.4, -0.2) is 36.3 Å². The summed E-state index contributed by atoms with van der Waals surface area (Å²) in [7, 11) is 1.31. The SMILES string of the molecule is COC(=O)c1sccc1NC(=O)[C@H]1c2ccccc2C(=O)N(CC(C)C)[C@H]1c1cccs1. The standard InChI is InChI=1S/C24H24N2O4S2/c1-14(2)13-26-20(18-9-6-11-31-18)19(15-7-4-5-8-16(15)23(26)28)22(27)25-17-10-12-32-21(17)24(29)30-3/h4-12,14,19-20H,13H2,1-3H3,(H,25,27)/t19-,20-/m0/s1. The van der Waals surface area contributed by atoms with E-state index in [1.54, 1.807) is 17.5 Å². The van der Waals surface area contributed by atoms with Crippen molar-refractivity contribution in [2.45, 2.75) is 25.8 Å². The fourth-order valence-electron chi connectivity index (χ4n) is 4.11. The van der Waals surface area contributed by atoms with Crippen LogP contribution in [0.4, 0.5) is 5.69 Å². The Hall–Kier alpha value is -2.97. The first-order chi connectivity index (χ1) is 15.4. The van der Waals surface area contributed by atoms with Gasteiger partial charge in [-0.05, 0) is 40.4 Å². The molecule has 8 heteroatoms. The van der Waals surface area contributed by atoms with Crippen molar-refractivity contribution in [1.29, 1.82) is 0 Å². The van der Waals surface area contributed by atoms with Crippen molar-refractivity contribution in [3.63, 3.8) is 0 Å². The van der Waals surface area contributed by atoms with Gasteiger partial charge in [0.15, 0.2) is 0 Å². The molecule has 0 spiro atoms. The molecule has 3 aromatic rings. The van der Waals surface area contributed by atoms with E-state index in [9.17, 15) is 14.4 Å². The summed E-state index contributed by atoms with van der Waals surface area (Å²) in [5, 5.41) is 6.63. The third kappa shape index (κ3) is 4.08. The van der Waals surface area contributed by atoms with Crippen LogP contribution in [0.1, 0.15) is 56.3 Å². The molecule has 2 atom stereocenters. The van der Waals surface area contributed by atoms with Gasteiger partial charge in [-0.3, -0.25) is 9.59 Å². The van der Waals surface area contributed by atoms with E-state index in [1.165, 1.54) is 29.8 Å². The van der Waals surface area contributed by atoms with Crippen molar-refractivity contribution in [2.24, 2.45) is 5.92 Å². The van der Waals surface area contributed by atoms with Crippen molar-refractivity contribution < 1.29 is 19.1 Å². The minimum absolute atomic E-state index is 0.0671. The number of carbonyl (C=O) groups excluding carboxylic acids is 3. The van der Waals surface area contributed by atoms with Crippen LogP contribution in [-0.2, 0) is 9.53 Å². The second kappa shape index (κ2) is 9.26.